The van der Waals surface area contributed by atoms with Crippen LogP contribution in [0.4, 0.5) is 0 Å². The first kappa shape index (κ1) is 24.2. The summed E-state index contributed by atoms with van der Waals surface area (Å²) in [6, 6.07) is 0. The third-order valence-electron chi connectivity index (χ3n) is 4.47. The Labute approximate surface area is 161 Å². The number of halogens is 1. The Kier molecular flexibility index (Phi) is 23.4. The predicted octanol–water partition coefficient (Wildman–Crippen LogP) is 8.22. The zero-order chi connectivity index (χ0) is 17.6. The third-order valence-corrected chi connectivity index (χ3v) is 5.03. The molecule has 0 rings (SSSR count). The molecule has 0 heterocycles. The molecule has 0 atom stereocenters. The van der Waals surface area contributed by atoms with Gasteiger partial charge in [0.1, 0.15) is 0 Å². The van der Waals surface area contributed by atoms with E-state index in [1.54, 1.807) is 0 Å². The average Bonchev–Trinajstić information content (AvgIpc) is 2.60. The number of rotatable bonds is 20. The second-order valence-corrected chi connectivity index (χ2v) is 7.74. The number of hydrogen-bond donors (Lipinski definition) is 0. The van der Waals surface area contributed by atoms with Gasteiger partial charge in [0.25, 0.3) is 0 Å². The van der Waals surface area contributed by atoms with E-state index in [9.17, 15) is 0 Å². The quantitative estimate of drug-likeness (QED) is 0.113. The molecule has 0 saturated carbocycles. The van der Waals surface area contributed by atoms with Crippen LogP contribution >= 0.6 is 15.9 Å². The van der Waals surface area contributed by atoms with Crippen molar-refractivity contribution in [3.63, 3.8) is 0 Å². The summed E-state index contributed by atoms with van der Waals surface area (Å²) < 4.78 is 5.62. The number of ether oxygens (including phenoxy) is 1. The molecule has 0 aliphatic carbocycles. The van der Waals surface area contributed by atoms with Crippen molar-refractivity contribution in [1.29, 1.82) is 0 Å². The van der Waals surface area contributed by atoms with Crippen LogP contribution in [0, 0.1) is 0 Å². The first-order chi connectivity index (χ1) is 11.9. The third kappa shape index (κ3) is 22.2. The smallest absolute Gasteiger partial charge is 0.0466 e. The Bertz CT molecular complexity index is 240. The maximum atomic E-state index is 5.62. The van der Waals surface area contributed by atoms with Crippen molar-refractivity contribution in [2.75, 3.05) is 18.5 Å². The Morgan fingerprint density at radius 1 is 0.583 bits per heavy atom. The molecule has 1 nitrogen and oxygen atoms in total. The van der Waals surface area contributed by atoms with Gasteiger partial charge in [0.05, 0.1) is 0 Å². The van der Waals surface area contributed by atoms with Crippen LogP contribution in [0.15, 0.2) is 12.2 Å². The fourth-order valence-electron chi connectivity index (χ4n) is 2.85. The zero-order valence-electron chi connectivity index (χ0n) is 16.4. The number of alkyl halides is 1. The SMILES string of the molecule is CCCCCCCCC=CCCCCCCCCOCCCCBr. The predicted molar refractivity (Wildman–Crippen MR) is 113 cm³/mol. The van der Waals surface area contributed by atoms with Crippen LogP contribution in [-0.4, -0.2) is 18.5 Å². The van der Waals surface area contributed by atoms with E-state index in [4.69, 9.17) is 4.74 Å². The van der Waals surface area contributed by atoms with Crippen molar-refractivity contribution in [3.05, 3.63) is 12.2 Å². The summed E-state index contributed by atoms with van der Waals surface area (Å²) >= 11 is 3.44. The molecule has 0 spiro atoms. The van der Waals surface area contributed by atoms with Gasteiger partial charge in [-0.2, -0.15) is 0 Å². The van der Waals surface area contributed by atoms with Gasteiger partial charge in [-0.3, -0.25) is 0 Å². The summed E-state index contributed by atoms with van der Waals surface area (Å²) in [5.74, 6) is 0. The van der Waals surface area contributed by atoms with Crippen molar-refractivity contribution >= 4 is 15.9 Å². The maximum Gasteiger partial charge on any atom is 0.0466 e. The summed E-state index contributed by atoms with van der Waals surface area (Å²) in [4.78, 5) is 0. The molecule has 0 fully saturated rings. The first-order valence-electron chi connectivity index (χ1n) is 10.7. The van der Waals surface area contributed by atoms with Crippen LogP contribution in [0.5, 0.6) is 0 Å². The lowest BCUT2D eigenvalue weighted by molar-refractivity contribution is 0.127. The van der Waals surface area contributed by atoms with Crippen LogP contribution in [0.2, 0.25) is 0 Å². The summed E-state index contributed by atoms with van der Waals surface area (Å²) in [6.07, 6.45) is 26.4. The molecule has 0 radical (unpaired) electrons. The Balaban J connectivity index is 3.03. The molecule has 0 unspecified atom stereocenters. The van der Waals surface area contributed by atoms with E-state index in [0.717, 1.165) is 18.5 Å². The van der Waals surface area contributed by atoms with Gasteiger partial charge < -0.3 is 4.74 Å². The summed E-state index contributed by atoms with van der Waals surface area (Å²) in [5, 5.41) is 1.10. The van der Waals surface area contributed by atoms with Crippen LogP contribution in [0.25, 0.3) is 0 Å². The molecule has 0 N–H and O–H groups in total. The minimum atomic E-state index is 0.941. The number of hydrogen-bond acceptors (Lipinski definition) is 1. The van der Waals surface area contributed by atoms with Gasteiger partial charge in [0, 0.05) is 18.5 Å². The molecule has 144 valence electrons. The molecule has 0 aromatic rings. The lowest BCUT2D eigenvalue weighted by atomic mass is 10.1. The van der Waals surface area contributed by atoms with Crippen molar-refractivity contribution in [1.82, 2.24) is 0 Å². The van der Waals surface area contributed by atoms with E-state index < -0.39 is 0 Å². The number of allylic oxidation sites excluding steroid dienone is 2. The van der Waals surface area contributed by atoms with Gasteiger partial charge in [-0.05, 0) is 44.9 Å². The second-order valence-electron chi connectivity index (χ2n) is 6.95. The number of unbranched alkanes of at least 4 members (excludes halogenated alkanes) is 13. The molecule has 0 aromatic heterocycles. The van der Waals surface area contributed by atoms with Gasteiger partial charge in [-0.15, -0.1) is 0 Å². The molecule has 0 amide bonds. The van der Waals surface area contributed by atoms with E-state index in [0.29, 0.717) is 0 Å². The topological polar surface area (TPSA) is 9.23 Å². The first-order valence-corrected chi connectivity index (χ1v) is 11.8. The molecule has 0 saturated heterocycles. The van der Waals surface area contributed by atoms with E-state index in [2.05, 4.69) is 35.0 Å². The van der Waals surface area contributed by atoms with Gasteiger partial charge in [0.2, 0.25) is 0 Å². The fourth-order valence-corrected chi connectivity index (χ4v) is 3.25. The second kappa shape index (κ2) is 23.2. The van der Waals surface area contributed by atoms with Crippen LogP contribution in [0.3, 0.4) is 0 Å². The van der Waals surface area contributed by atoms with E-state index >= 15 is 0 Å². The maximum absolute atomic E-state index is 5.62. The monoisotopic (exact) mass is 402 g/mol. The standard InChI is InChI=1S/C22H43BrO/c1-2-3-4-5-6-7-8-9-10-11-12-13-14-15-16-18-21-24-22-19-17-20-23/h9-10H,2-8,11-22H2,1H3. The molecule has 0 aliphatic heterocycles. The van der Waals surface area contributed by atoms with Gasteiger partial charge in [-0.25, -0.2) is 0 Å². The average molecular weight is 403 g/mol. The van der Waals surface area contributed by atoms with E-state index in [1.165, 1.54) is 103 Å². The fraction of sp³-hybridized carbons (Fsp3) is 0.909. The molecule has 2 heteroatoms. The van der Waals surface area contributed by atoms with Crippen molar-refractivity contribution < 1.29 is 4.74 Å². The van der Waals surface area contributed by atoms with E-state index in [-0.39, 0.29) is 0 Å². The summed E-state index contributed by atoms with van der Waals surface area (Å²) in [6.45, 7) is 4.19. The van der Waals surface area contributed by atoms with Gasteiger partial charge in [-0.1, -0.05) is 92.8 Å². The van der Waals surface area contributed by atoms with Crippen LogP contribution < -0.4 is 0 Å². The minimum absolute atomic E-state index is 0.941. The summed E-state index contributed by atoms with van der Waals surface area (Å²) in [7, 11) is 0. The normalized spacial score (nSPS) is 11.6. The molecule has 0 aliphatic rings. The highest BCUT2D eigenvalue weighted by molar-refractivity contribution is 9.09. The van der Waals surface area contributed by atoms with Crippen molar-refractivity contribution in [2.24, 2.45) is 0 Å². The molecular weight excluding hydrogens is 360 g/mol. The van der Waals surface area contributed by atoms with Gasteiger partial charge in [0.15, 0.2) is 0 Å². The lowest BCUT2D eigenvalue weighted by Crippen LogP contribution is -1.97. The Morgan fingerprint density at radius 2 is 1.04 bits per heavy atom. The van der Waals surface area contributed by atoms with Crippen molar-refractivity contribution in [2.45, 2.75) is 110 Å². The van der Waals surface area contributed by atoms with Crippen LogP contribution in [-0.2, 0) is 4.74 Å². The molecule has 24 heavy (non-hydrogen) atoms. The van der Waals surface area contributed by atoms with Gasteiger partial charge >= 0.3 is 0 Å². The molecule has 0 aromatic carbocycles. The highest BCUT2D eigenvalue weighted by atomic mass is 79.9. The zero-order valence-corrected chi connectivity index (χ0v) is 18.0. The minimum Gasteiger partial charge on any atom is -0.381 e. The molecular formula is C22H43BrO. The van der Waals surface area contributed by atoms with Crippen LogP contribution in [0.1, 0.15) is 110 Å². The van der Waals surface area contributed by atoms with Crippen molar-refractivity contribution in [3.8, 4) is 0 Å². The Morgan fingerprint density at radius 3 is 1.58 bits per heavy atom. The summed E-state index contributed by atoms with van der Waals surface area (Å²) in [5.41, 5.74) is 0. The molecule has 0 bridgehead atoms. The largest absolute Gasteiger partial charge is 0.381 e. The van der Waals surface area contributed by atoms with E-state index in [1.807, 2.05) is 0 Å². The highest BCUT2D eigenvalue weighted by Crippen LogP contribution is 2.10. The highest BCUT2D eigenvalue weighted by Gasteiger charge is 1.93. The Hall–Kier alpha value is 0.180. The lowest BCUT2D eigenvalue weighted by Gasteiger charge is -2.03.